The third-order valence-corrected chi connectivity index (χ3v) is 5.40. The Morgan fingerprint density at radius 1 is 1.38 bits per heavy atom. The zero-order valence-corrected chi connectivity index (χ0v) is 14.4. The summed E-state index contributed by atoms with van der Waals surface area (Å²) < 4.78 is 0. The van der Waals surface area contributed by atoms with Gasteiger partial charge in [0.1, 0.15) is 0 Å². The molecule has 7 heteroatoms. The summed E-state index contributed by atoms with van der Waals surface area (Å²) in [4.78, 5) is 34.6. The van der Waals surface area contributed by atoms with Crippen molar-refractivity contribution < 1.29 is 9.59 Å². The van der Waals surface area contributed by atoms with Gasteiger partial charge in [0.2, 0.25) is 11.9 Å². The van der Waals surface area contributed by atoms with Crippen molar-refractivity contribution in [1.29, 1.82) is 0 Å². The molecular formula is C17H20N4O2S. The Bertz CT molecular complexity index is 751. The quantitative estimate of drug-likeness (QED) is 0.860. The van der Waals surface area contributed by atoms with Gasteiger partial charge in [-0.3, -0.25) is 9.59 Å². The van der Waals surface area contributed by atoms with E-state index in [2.05, 4.69) is 9.97 Å². The first-order chi connectivity index (χ1) is 11.5. The Kier molecular flexibility index (Phi) is 4.89. The summed E-state index contributed by atoms with van der Waals surface area (Å²) in [5.74, 6) is 0.779. The Hall–Kier alpha value is -2.28. The Labute approximate surface area is 144 Å². The van der Waals surface area contributed by atoms with Gasteiger partial charge in [0.05, 0.1) is 11.3 Å². The topological polar surface area (TPSA) is 89.2 Å². The van der Waals surface area contributed by atoms with E-state index in [0.29, 0.717) is 23.2 Å². The van der Waals surface area contributed by atoms with Crippen molar-refractivity contribution in [3.05, 3.63) is 39.8 Å². The Balaban J connectivity index is 1.55. The fraction of sp³-hybridized carbons (Fsp3) is 0.412. The second kappa shape index (κ2) is 7.09. The van der Waals surface area contributed by atoms with E-state index in [0.717, 1.165) is 37.2 Å². The zero-order chi connectivity index (χ0) is 17.1. The van der Waals surface area contributed by atoms with Crippen LogP contribution in [0.3, 0.4) is 0 Å². The number of Topliss-reactive ketones (excluding diaryl/α,β-unsaturated/α-hetero) is 1. The highest BCUT2D eigenvalue weighted by Gasteiger charge is 2.25. The van der Waals surface area contributed by atoms with Crippen LogP contribution >= 0.6 is 11.3 Å². The number of hydrogen-bond donors (Lipinski definition) is 1. The molecule has 3 rings (SSSR count). The highest BCUT2D eigenvalue weighted by molar-refractivity contribution is 7.12. The minimum atomic E-state index is 0.0450. The van der Waals surface area contributed by atoms with Crippen LogP contribution in [0.25, 0.3) is 0 Å². The van der Waals surface area contributed by atoms with E-state index < -0.39 is 0 Å². The van der Waals surface area contributed by atoms with Crippen LogP contribution in [0, 0.1) is 0 Å². The lowest BCUT2D eigenvalue weighted by atomic mass is 9.93. The maximum Gasteiger partial charge on any atom is 0.227 e. The van der Waals surface area contributed by atoms with Gasteiger partial charge in [-0.2, -0.15) is 0 Å². The van der Waals surface area contributed by atoms with Crippen LogP contribution in [-0.4, -0.2) is 39.6 Å². The molecule has 1 saturated heterocycles. The number of nitrogens with zero attached hydrogens (tertiary/aromatic N) is 3. The molecule has 3 heterocycles. The highest BCUT2D eigenvalue weighted by atomic mass is 32.1. The zero-order valence-electron chi connectivity index (χ0n) is 13.6. The summed E-state index contributed by atoms with van der Waals surface area (Å²) in [7, 11) is 0. The molecule has 0 radical (unpaired) electrons. The average Bonchev–Trinajstić information content (AvgIpc) is 3.04. The fourth-order valence-corrected chi connectivity index (χ4v) is 3.79. The molecule has 0 unspecified atom stereocenters. The third kappa shape index (κ3) is 3.79. The number of hydrogen-bond acceptors (Lipinski definition) is 6. The summed E-state index contributed by atoms with van der Waals surface area (Å²) in [6, 6.07) is 3.72. The molecule has 2 aromatic rings. The molecule has 0 saturated carbocycles. The molecule has 126 valence electrons. The van der Waals surface area contributed by atoms with Crippen molar-refractivity contribution in [1.82, 2.24) is 14.9 Å². The number of piperidine rings is 1. The number of carbonyl (C=O) groups excluding carboxylic acids is 2. The molecule has 6 nitrogen and oxygen atoms in total. The Morgan fingerprint density at radius 3 is 2.75 bits per heavy atom. The lowest BCUT2D eigenvalue weighted by molar-refractivity contribution is -0.131. The second-order valence-corrected chi connectivity index (χ2v) is 6.96. The van der Waals surface area contributed by atoms with E-state index in [4.69, 9.17) is 5.73 Å². The largest absolute Gasteiger partial charge is 0.368 e. The predicted octanol–water partition coefficient (Wildman–Crippen LogP) is 2.27. The highest BCUT2D eigenvalue weighted by Crippen LogP contribution is 2.27. The fourth-order valence-electron chi connectivity index (χ4n) is 2.98. The van der Waals surface area contributed by atoms with Crippen molar-refractivity contribution in [2.75, 3.05) is 18.8 Å². The summed E-state index contributed by atoms with van der Waals surface area (Å²) in [5.41, 5.74) is 7.51. The van der Waals surface area contributed by atoms with E-state index in [1.54, 1.807) is 13.1 Å². The molecule has 0 atom stereocenters. The number of amides is 1. The third-order valence-electron chi connectivity index (χ3n) is 4.32. The first-order valence-corrected chi connectivity index (χ1v) is 8.85. The van der Waals surface area contributed by atoms with Crippen LogP contribution in [0.5, 0.6) is 0 Å². The summed E-state index contributed by atoms with van der Waals surface area (Å²) in [6.07, 6.45) is 3.79. The van der Waals surface area contributed by atoms with Gasteiger partial charge in [0, 0.05) is 30.9 Å². The molecule has 0 spiro atoms. The first kappa shape index (κ1) is 16.6. The standard InChI is InChI=1S/C17H20N4O2S/c1-11(22)15-8-12(10-24-15)9-16(23)21-6-3-13(4-7-21)14-2-5-19-17(18)20-14/h2,5,8,10,13H,3-4,6-7,9H2,1H3,(H2,18,19,20). The van der Waals surface area contributed by atoms with Crippen molar-refractivity contribution in [3.63, 3.8) is 0 Å². The van der Waals surface area contributed by atoms with Crippen LogP contribution in [0.4, 0.5) is 5.95 Å². The lowest BCUT2D eigenvalue weighted by Gasteiger charge is -2.31. The van der Waals surface area contributed by atoms with E-state index >= 15 is 0 Å². The second-order valence-electron chi connectivity index (χ2n) is 6.05. The SMILES string of the molecule is CC(=O)c1cc(CC(=O)N2CCC(c3ccnc(N)n3)CC2)cs1. The van der Waals surface area contributed by atoms with E-state index in [9.17, 15) is 9.59 Å². The van der Waals surface area contributed by atoms with Crippen molar-refractivity contribution in [2.24, 2.45) is 0 Å². The molecular weight excluding hydrogens is 324 g/mol. The van der Waals surface area contributed by atoms with Gasteiger partial charge in [-0.15, -0.1) is 11.3 Å². The van der Waals surface area contributed by atoms with Crippen LogP contribution in [0.1, 0.15) is 46.6 Å². The average molecular weight is 344 g/mol. The number of likely N-dealkylation sites (tertiary alicyclic amines) is 1. The molecule has 1 aliphatic rings. The molecule has 2 N–H and O–H groups in total. The van der Waals surface area contributed by atoms with E-state index in [1.165, 1.54) is 11.3 Å². The molecule has 0 aromatic carbocycles. The van der Waals surface area contributed by atoms with E-state index in [-0.39, 0.29) is 11.7 Å². The molecule has 2 aromatic heterocycles. The number of anilines is 1. The van der Waals surface area contributed by atoms with Gasteiger partial charge in [0.15, 0.2) is 5.78 Å². The minimum Gasteiger partial charge on any atom is -0.368 e. The summed E-state index contributed by atoms with van der Waals surface area (Å²) in [5, 5.41) is 1.89. The van der Waals surface area contributed by atoms with Crippen LogP contribution in [0.2, 0.25) is 0 Å². The van der Waals surface area contributed by atoms with Crippen LogP contribution in [-0.2, 0) is 11.2 Å². The van der Waals surface area contributed by atoms with Gasteiger partial charge in [-0.05, 0) is 42.8 Å². The number of nitrogens with two attached hydrogens (primary N) is 1. The van der Waals surface area contributed by atoms with E-state index in [1.807, 2.05) is 22.4 Å². The number of carbonyl (C=O) groups is 2. The van der Waals surface area contributed by atoms with Gasteiger partial charge >= 0.3 is 0 Å². The number of nitrogen functional groups attached to an aromatic ring is 1. The minimum absolute atomic E-state index is 0.0450. The smallest absolute Gasteiger partial charge is 0.227 e. The monoisotopic (exact) mass is 344 g/mol. The predicted molar refractivity (Wildman–Crippen MR) is 93.0 cm³/mol. The van der Waals surface area contributed by atoms with Crippen LogP contribution < -0.4 is 5.73 Å². The number of ketones is 1. The first-order valence-electron chi connectivity index (χ1n) is 7.97. The molecule has 1 amide bonds. The van der Waals surface area contributed by atoms with Crippen LogP contribution in [0.15, 0.2) is 23.7 Å². The number of thiophene rings is 1. The summed E-state index contributed by atoms with van der Waals surface area (Å²) in [6.45, 7) is 2.98. The lowest BCUT2D eigenvalue weighted by Crippen LogP contribution is -2.38. The van der Waals surface area contributed by atoms with Gasteiger partial charge in [0.25, 0.3) is 0 Å². The number of aromatic nitrogens is 2. The molecule has 24 heavy (non-hydrogen) atoms. The molecule has 0 aliphatic carbocycles. The molecule has 0 bridgehead atoms. The van der Waals surface area contributed by atoms with Crippen molar-refractivity contribution in [2.45, 2.75) is 32.1 Å². The maximum absolute atomic E-state index is 12.4. The van der Waals surface area contributed by atoms with Gasteiger partial charge in [-0.25, -0.2) is 9.97 Å². The molecule has 1 fully saturated rings. The van der Waals surface area contributed by atoms with Gasteiger partial charge in [-0.1, -0.05) is 0 Å². The maximum atomic E-state index is 12.4. The van der Waals surface area contributed by atoms with Crippen molar-refractivity contribution >= 4 is 29.0 Å². The van der Waals surface area contributed by atoms with Crippen molar-refractivity contribution in [3.8, 4) is 0 Å². The summed E-state index contributed by atoms with van der Waals surface area (Å²) >= 11 is 1.40. The number of rotatable bonds is 4. The Morgan fingerprint density at radius 2 is 2.12 bits per heavy atom. The normalized spacial score (nSPS) is 15.5. The molecule has 1 aliphatic heterocycles. The van der Waals surface area contributed by atoms with Gasteiger partial charge < -0.3 is 10.6 Å².